The molecular formula is C9H16O2. The highest BCUT2D eigenvalue weighted by molar-refractivity contribution is 5.80. The second-order valence-corrected chi connectivity index (χ2v) is 4.07. The van der Waals surface area contributed by atoms with E-state index >= 15 is 0 Å². The molecule has 0 bridgehead atoms. The summed E-state index contributed by atoms with van der Waals surface area (Å²) in [6.45, 7) is 8.12. The predicted molar refractivity (Wildman–Crippen MR) is 45.5 cm³/mol. The van der Waals surface area contributed by atoms with Crippen molar-refractivity contribution >= 4 is 5.97 Å². The molecule has 0 aromatic rings. The van der Waals surface area contributed by atoms with Crippen LogP contribution in [0, 0.1) is 5.41 Å². The molecule has 0 rings (SSSR count). The van der Waals surface area contributed by atoms with Crippen molar-refractivity contribution < 1.29 is 9.90 Å². The Morgan fingerprint density at radius 3 is 2.18 bits per heavy atom. The summed E-state index contributed by atoms with van der Waals surface area (Å²) in [5.74, 6) is -0.855. The lowest BCUT2D eigenvalue weighted by atomic mass is 9.88. The predicted octanol–water partition coefficient (Wildman–Crippen LogP) is 2.45. The maximum atomic E-state index is 10.2. The van der Waals surface area contributed by atoms with Gasteiger partial charge in [0.25, 0.3) is 0 Å². The van der Waals surface area contributed by atoms with Crippen LogP contribution in [0.15, 0.2) is 11.6 Å². The van der Waals surface area contributed by atoms with Crippen molar-refractivity contribution in [3.8, 4) is 0 Å². The van der Waals surface area contributed by atoms with Gasteiger partial charge in [-0.3, -0.25) is 0 Å². The highest BCUT2D eigenvalue weighted by Crippen LogP contribution is 2.23. The first-order chi connectivity index (χ1) is 4.81. The van der Waals surface area contributed by atoms with Gasteiger partial charge in [0.2, 0.25) is 0 Å². The van der Waals surface area contributed by atoms with Gasteiger partial charge in [-0.05, 0) is 18.8 Å². The Balaban J connectivity index is 4.07. The van der Waals surface area contributed by atoms with Crippen LogP contribution in [0.2, 0.25) is 0 Å². The lowest BCUT2D eigenvalue weighted by Crippen LogP contribution is -2.05. The van der Waals surface area contributed by atoms with Crippen LogP contribution in [0.1, 0.15) is 34.1 Å². The molecular weight excluding hydrogens is 140 g/mol. The van der Waals surface area contributed by atoms with E-state index in [2.05, 4.69) is 20.8 Å². The van der Waals surface area contributed by atoms with Gasteiger partial charge >= 0.3 is 5.97 Å². The molecule has 0 amide bonds. The third-order valence-electron chi connectivity index (χ3n) is 1.18. The Morgan fingerprint density at radius 1 is 1.45 bits per heavy atom. The minimum Gasteiger partial charge on any atom is -0.478 e. The van der Waals surface area contributed by atoms with Crippen LogP contribution in [0.4, 0.5) is 0 Å². The molecule has 2 nitrogen and oxygen atoms in total. The van der Waals surface area contributed by atoms with Crippen molar-refractivity contribution in [3.63, 3.8) is 0 Å². The van der Waals surface area contributed by atoms with Crippen LogP contribution < -0.4 is 0 Å². The Labute approximate surface area is 67.9 Å². The van der Waals surface area contributed by atoms with Crippen LogP contribution in [0.25, 0.3) is 0 Å². The van der Waals surface area contributed by atoms with Gasteiger partial charge in [0.1, 0.15) is 0 Å². The van der Waals surface area contributed by atoms with E-state index in [0.29, 0.717) is 0 Å². The van der Waals surface area contributed by atoms with E-state index in [4.69, 9.17) is 5.11 Å². The SMILES string of the molecule is CC(=CC(=O)O)CC(C)(C)C. The number of carboxylic acids is 1. The van der Waals surface area contributed by atoms with E-state index in [9.17, 15) is 4.79 Å². The summed E-state index contributed by atoms with van der Waals surface area (Å²) in [6, 6.07) is 0. The average molecular weight is 156 g/mol. The van der Waals surface area contributed by atoms with E-state index in [-0.39, 0.29) is 5.41 Å². The summed E-state index contributed by atoms with van der Waals surface area (Å²) in [7, 11) is 0. The first-order valence-electron chi connectivity index (χ1n) is 3.71. The summed E-state index contributed by atoms with van der Waals surface area (Å²) in [4.78, 5) is 10.2. The lowest BCUT2D eigenvalue weighted by molar-refractivity contribution is -0.131. The average Bonchev–Trinajstić information content (AvgIpc) is 1.53. The van der Waals surface area contributed by atoms with E-state index < -0.39 is 5.97 Å². The van der Waals surface area contributed by atoms with Crippen LogP contribution in [0.5, 0.6) is 0 Å². The van der Waals surface area contributed by atoms with Crippen molar-refractivity contribution in [1.29, 1.82) is 0 Å². The maximum absolute atomic E-state index is 10.2. The van der Waals surface area contributed by atoms with Crippen molar-refractivity contribution in [2.75, 3.05) is 0 Å². The third kappa shape index (κ3) is 7.10. The molecule has 0 spiro atoms. The minimum absolute atomic E-state index is 0.177. The Morgan fingerprint density at radius 2 is 1.91 bits per heavy atom. The Hall–Kier alpha value is -0.790. The molecule has 11 heavy (non-hydrogen) atoms. The normalized spacial score (nSPS) is 13.3. The topological polar surface area (TPSA) is 37.3 Å². The number of hydrogen-bond donors (Lipinski definition) is 1. The summed E-state index contributed by atoms with van der Waals surface area (Å²) in [5.41, 5.74) is 1.10. The summed E-state index contributed by atoms with van der Waals surface area (Å²) >= 11 is 0. The number of carbonyl (C=O) groups is 1. The summed E-state index contributed by atoms with van der Waals surface area (Å²) < 4.78 is 0. The molecule has 0 fully saturated rings. The minimum atomic E-state index is -0.855. The number of rotatable bonds is 2. The fraction of sp³-hybridized carbons (Fsp3) is 0.667. The molecule has 0 radical (unpaired) electrons. The largest absolute Gasteiger partial charge is 0.478 e. The molecule has 1 N–H and O–H groups in total. The van der Waals surface area contributed by atoms with Crippen LogP contribution >= 0.6 is 0 Å². The fourth-order valence-corrected chi connectivity index (χ4v) is 1.10. The summed E-state index contributed by atoms with van der Waals surface area (Å²) in [5, 5.41) is 8.40. The zero-order chi connectivity index (χ0) is 9.07. The van der Waals surface area contributed by atoms with Gasteiger partial charge in [-0.25, -0.2) is 4.79 Å². The molecule has 0 atom stereocenters. The van der Waals surface area contributed by atoms with E-state index in [1.54, 1.807) is 0 Å². The number of allylic oxidation sites excluding steroid dienone is 1. The van der Waals surface area contributed by atoms with Gasteiger partial charge in [0.05, 0.1) is 0 Å². The maximum Gasteiger partial charge on any atom is 0.328 e. The molecule has 0 aromatic carbocycles. The monoisotopic (exact) mass is 156 g/mol. The fourth-order valence-electron chi connectivity index (χ4n) is 1.10. The molecule has 0 aliphatic heterocycles. The highest BCUT2D eigenvalue weighted by Gasteiger charge is 2.10. The third-order valence-corrected chi connectivity index (χ3v) is 1.18. The first kappa shape index (κ1) is 10.2. The summed E-state index contributed by atoms with van der Waals surface area (Å²) in [6.07, 6.45) is 2.10. The molecule has 0 saturated heterocycles. The van der Waals surface area contributed by atoms with Gasteiger partial charge < -0.3 is 5.11 Å². The smallest absolute Gasteiger partial charge is 0.328 e. The molecule has 0 unspecified atom stereocenters. The molecule has 0 heterocycles. The molecule has 0 saturated carbocycles. The van der Waals surface area contributed by atoms with Crippen LogP contribution in [-0.4, -0.2) is 11.1 Å². The molecule has 0 aliphatic rings. The van der Waals surface area contributed by atoms with E-state index in [1.807, 2.05) is 6.92 Å². The second kappa shape index (κ2) is 3.56. The van der Waals surface area contributed by atoms with Gasteiger partial charge in [-0.2, -0.15) is 0 Å². The van der Waals surface area contributed by atoms with Gasteiger partial charge in [-0.15, -0.1) is 0 Å². The number of hydrogen-bond acceptors (Lipinski definition) is 1. The van der Waals surface area contributed by atoms with Crippen molar-refractivity contribution in [1.82, 2.24) is 0 Å². The van der Waals surface area contributed by atoms with Crippen molar-refractivity contribution in [2.45, 2.75) is 34.1 Å². The first-order valence-corrected chi connectivity index (χ1v) is 3.71. The molecule has 2 heteroatoms. The standard InChI is InChI=1S/C9H16O2/c1-7(5-8(10)11)6-9(2,3)4/h5H,6H2,1-4H3,(H,10,11). The van der Waals surface area contributed by atoms with Gasteiger partial charge in [0.15, 0.2) is 0 Å². The van der Waals surface area contributed by atoms with Gasteiger partial charge in [-0.1, -0.05) is 26.3 Å². The van der Waals surface area contributed by atoms with Crippen molar-refractivity contribution in [2.24, 2.45) is 5.41 Å². The molecule has 0 aromatic heterocycles. The number of carboxylic acid groups (broad SMARTS) is 1. The quantitative estimate of drug-likeness (QED) is 0.623. The molecule has 0 aliphatic carbocycles. The zero-order valence-electron chi connectivity index (χ0n) is 7.64. The second-order valence-electron chi connectivity index (χ2n) is 4.07. The van der Waals surface area contributed by atoms with E-state index in [0.717, 1.165) is 12.0 Å². The van der Waals surface area contributed by atoms with Crippen LogP contribution in [-0.2, 0) is 4.79 Å². The Kier molecular flexibility index (Phi) is 3.30. The molecule has 64 valence electrons. The van der Waals surface area contributed by atoms with Crippen LogP contribution in [0.3, 0.4) is 0 Å². The van der Waals surface area contributed by atoms with Gasteiger partial charge in [0, 0.05) is 6.08 Å². The number of aliphatic carboxylic acids is 1. The highest BCUT2D eigenvalue weighted by atomic mass is 16.4. The lowest BCUT2D eigenvalue weighted by Gasteiger charge is -2.17. The van der Waals surface area contributed by atoms with E-state index in [1.165, 1.54) is 6.08 Å². The zero-order valence-corrected chi connectivity index (χ0v) is 7.64. The van der Waals surface area contributed by atoms with Crippen molar-refractivity contribution in [3.05, 3.63) is 11.6 Å². The Bertz CT molecular complexity index is 172.